The van der Waals surface area contributed by atoms with E-state index < -0.39 is 15.5 Å². The Bertz CT molecular complexity index is 413. The van der Waals surface area contributed by atoms with Crippen LogP contribution in [0.2, 0.25) is 39.3 Å². The Morgan fingerprint density at radius 3 is 2.33 bits per heavy atom. The van der Waals surface area contributed by atoms with Crippen LogP contribution in [0.1, 0.15) is 52.4 Å². The number of rotatable bonds is 9. The predicted molar refractivity (Wildman–Crippen MR) is 117 cm³/mol. The van der Waals surface area contributed by atoms with Gasteiger partial charge in [-0.1, -0.05) is 33.0 Å². The molecule has 0 saturated carbocycles. The van der Waals surface area contributed by atoms with Gasteiger partial charge in [-0.05, 0) is 70.0 Å². The molecule has 1 fully saturated rings. The largest absolute Gasteiger partial charge is 0.533 e. The summed E-state index contributed by atoms with van der Waals surface area (Å²) in [6, 6.07) is 0.681. The fourth-order valence-electron chi connectivity index (χ4n) is 3.23. The van der Waals surface area contributed by atoms with E-state index >= 15 is 0 Å². The minimum absolute atomic E-state index is 0.681. The van der Waals surface area contributed by atoms with E-state index in [4.69, 9.17) is 4.43 Å². The highest BCUT2D eigenvalue weighted by molar-refractivity contribution is 8.28. The van der Waals surface area contributed by atoms with Gasteiger partial charge in [0, 0.05) is 12.6 Å². The molecule has 142 valence electrons. The second-order valence-electron chi connectivity index (χ2n) is 9.14. The maximum atomic E-state index is 6.62. The van der Waals surface area contributed by atoms with Gasteiger partial charge < -0.3 is 9.33 Å². The van der Waals surface area contributed by atoms with E-state index in [1.807, 2.05) is 0 Å². The third kappa shape index (κ3) is 8.48. The van der Waals surface area contributed by atoms with Gasteiger partial charge in [0.05, 0.1) is 0 Å². The summed E-state index contributed by atoms with van der Waals surface area (Å²) in [6.07, 6.45) is 7.71. The average Bonchev–Trinajstić information content (AvgIpc) is 2.43. The van der Waals surface area contributed by atoms with E-state index in [0.29, 0.717) is 6.04 Å². The average molecular weight is 388 g/mol. The van der Waals surface area contributed by atoms with Crippen LogP contribution in [0.4, 0.5) is 0 Å². The minimum Gasteiger partial charge on any atom is -0.533 e. The molecule has 0 radical (unpaired) electrons. The van der Waals surface area contributed by atoms with Gasteiger partial charge in [0.15, 0.2) is 5.88 Å². The lowest BCUT2D eigenvalue weighted by Crippen LogP contribution is -2.43. The molecule has 0 aromatic heterocycles. The Hall–Kier alpha value is 0.124. The Kier molecular flexibility index (Phi) is 8.98. The van der Waals surface area contributed by atoms with Crippen LogP contribution in [0.3, 0.4) is 0 Å². The van der Waals surface area contributed by atoms with E-state index in [2.05, 4.69) is 69.2 Å². The molecule has 1 aliphatic heterocycles. The summed E-state index contributed by atoms with van der Waals surface area (Å²) in [6.45, 7) is 20.1. The van der Waals surface area contributed by atoms with Crippen LogP contribution < -0.4 is 0 Å². The van der Waals surface area contributed by atoms with Crippen molar-refractivity contribution in [1.82, 2.24) is 4.90 Å². The summed E-state index contributed by atoms with van der Waals surface area (Å²) in [7, 11) is -2.59. The summed E-state index contributed by atoms with van der Waals surface area (Å²) in [5, 5.41) is 0. The smallest absolute Gasteiger partial charge is 0.244 e. The fraction of sp³-hybridized carbons (Fsp3) is 0.895. The number of nitrogens with zero attached hydrogens (tertiary/aromatic N) is 1. The normalized spacial score (nSPS) is 20.8. The Balaban J connectivity index is 2.89. The molecule has 1 rings (SSSR count). The summed E-state index contributed by atoms with van der Waals surface area (Å²) < 4.78 is 6.62. The molecular weight excluding hydrogens is 346 g/mol. The number of hydrogen-bond acceptors (Lipinski definition) is 3. The van der Waals surface area contributed by atoms with Crippen LogP contribution in [0.5, 0.6) is 0 Å². The molecule has 0 N–H and O–H groups in total. The monoisotopic (exact) mass is 387 g/mol. The van der Waals surface area contributed by atoms with Crippen LogP contribution in [-0.4, -0.2) is 38.8 Å². The van der Waals surface area contributed by atoms with Crippen molar-refractivity contribution in [2.24, 2.45) is 0 Å². The predicted octanol–water partition coefficient (Wildman–Crippen LogP) is 6.68. The molecule has 0 aromatic rings. The summed E-state index contributed by atoms with van der Waals surface area (Å²) in [5.74, 6) is 2.56. The van der Waals surface area contributed by atoms with E-state index in [0.717, 1.165) is 6.42 Å². The Labute approximate surface area is 157 Å². The molecule has 0 aromatic carbocycles. The summed E-state index contributed by atoms with van der Waals surface area (Å²) in [4.78, 5) is 2.65. The molecule has 1 heterocycles. The molecule has 1 saturated heterocycles. The highest BCUT2D eigenvalue weighted by atomic mass is 32.4. The molecule has 0 aliphatic carbocycles. The second-order valence-corrected chi connectivity index (χ2v) is 23.0. The van der Waals surface area contributed by atoms with Gasteiger partial charge in [-0.25, -0.2) is 0 Å². The molecule has 0 bridgehead atoms. The van der Waals surface area contributed by atoms with Crippen molar-refractivity contribution in [1.29, 1.82) is 0 Å². The van der Waals surface area contributed by atoms with Gasteiger partial charge >= 0.3 is 0 Å². The lowest BCUT2D eigenvalue weighted by atomic mass is 9.99. The van der Waals surface area contributed by atoms with E-state index in [1.54, 1.807) is 0 Å². The number of allylic oxidation sites excluding steroid dienone is 1. The second kappa shape index (κ2) is 9.72. The molecule has 1 atom stereocenters. The highest BCUT2D eigenvalue weighted by Gasteiger charge is 2.30. The van der Waals surface area contributed by atoms with Crippen molar-refractivity contribution < 1.29 is 4.43 Å². The minimum atomic E-state index is -1.58. The van der Waals surface area contributed by atoms with Crippen LogP contribution in [0.25, 0.3) is 0 Å². The standard InChI is InChI=1S/C19H41NOSSi2/c1-9-12-17(2)19(21-23(3,4)5)20-15-11-10-13-18(20)14-16-22-24(6,7)8/h18H,9-16H2,1-8H3/b19-17-. The maximum Gasteiger partial charge on any atom is 0.244 e. The fourth-order valence-corrected chi connectivity index (χ4v) is 7.30. The zero-order valence-corrected chi connectivity index (χ0v) is 20.3. The van der Waals surface area contributed by atoms with Gasteiger partial charge in [0.25, 0.3) is 0 Å². The highest BCUT2D eigenvalue weighted by Crippen LogP contribution is 2.31. The summed E-state index contributed by atoms with van der Waals surface area (Å²) in [5.41, 5.74) is 1.46. The molecular formula is C19H41NOSSi2. The molecule has 2 nitrogen and oxygen atoms in total. The first kappa shape index (κ1) is 22.2. The van der Waals surface area contributed by atoms with Crippen molar-refractivity contribution >= 4 is 26.8 Å². The SMILES string of the molecule is CCC/C(C)=C(\O[Si](C)(C)C)N1CCCCC1CCS[Si](C)(C)C. The van der Waals surface area contributed by atoms with Crippen LogP contribution in [0, 0.1) is 0 Å². The zero-order chi connectivity index (χ0) is 18.4. The third-order valence-corrected chi connectivity index (χ3v) is 9.59. The molecule has 1 aliphatic rings. The Morgan fingerprint density at radius 2 is 1.79 bits per heavy atom. The van der Waals surface area contributed by atoms with Crippen LogP contribution in [0.15, 0.2) is 11.5 Å². The van der Waals surface area contributed by atoms with Gasteiger partial charge in [0.2, 0.25) is 8.32 Å². The van der Waals surface area contributed by atoms with Gasteiger partial charge in [-0.15, -0.1) is 0 Å². The van der Waals surface area contributed by atoms with Crippen molar-refractivity contribution in [2.75, 3.05) is 12.3 Å². The van der Waals surface area contributed by atoms with E-state index in [-0.39, 0.29) is 0 Å². The maximum absolute atomic E-state index is 6.62. The van der Waals surface area contributed by atoms with Gasteiger partial charge in [-0.2, -0.15) is 11.2 Å². The van der Waals surface area contributed by atoms with Crippen molar-refractivity contribution in [3.63, 3.8) is 0 Å². The molecule has 0 amide bonds. The van der Waals surface area contributed by atoms with E-state index in [1.165, 1.54) is 55.9 Å². The molecule has 0 spiro atoms. The lowest BCUT2D eigenvalue weighted by molar-refractivity contribution is 0.118. The zero-order valence-electron chi connectivity index (χ0n) is 17.5. The Morgan fingerprint density at radius 1 is 1.12 bits per heavy atom. The first-order chi connectivity index (χ1) is 11.0. The number of piperidine rings is 1. The molecule has 5 heteroatoms. The van der Waals surface area contributed by atoms with Crippen LogP contribution >= 0.6 is 11.2 Å². The van der Waals surface area contributed by atoms with Crippen molar-refractivity contribution in [3.05, 3.63) is 11.5 Å². The topological polar surface area (TPSA) is 12.5 Å². The first-order valence-corrected chi connectivity index (χ1v) is 18.4. The molecule has 1 unspecified atom stereocenters. The molecule has 24 heavy (non-hydrogen) atoms. The van der Waals surface area contributed by atoms with Crippen molar-refractivity contribution in [2.45, 2.75) is 97.7 Å². The van der Waals surface area contributed by atoms with Crippen molar-refractivity contribution in [3.8, 4) is 0 Å². The van der Waals surface area contributed by atoms with Crippen LogP contribution in [-0.2, 0) is 4.43 Å². The van der Waals surface area contributed by atoms with E-state index in [9.17, 15) is 0 Å². The first-order valence-electron chi connectivity index (χ1n) is 9.83. The lowest BCUT2D eigenvalue weighted by Gasteiger charge is -2.42. The summed E-state index contributed by atoms with van der Waals surface area (Å²) >= 11 is 2.24. The van der Waals surface area contributed by atoms with Gasteiger partial charge in [-0.3, -0.25) is 0 Å². The number of hydrogen-bond donors (Lipinski definition) is 0. The third-order valence-electron chi connectivity index (χ3n) is 4.27. The van der Waals surface area contributed by atoms with Gasteiger partial charge in [0.1, 0.15) is 7.22 Å². The quantitative estimate of drug-likeness (QED) is 0.323. The number of likely N-dealkylation sites (tertiary alicyclic amines) is 1.